The average Bonchev–Trinajstić information content (AvgIpc) is 3.17. The van der Waals surface area contributed by atoms with Crippen LogP contribution in [0.2, 0.25) is 0 Å². The Balaban J connectivity index is 1.44. The Morgan fingerprint density at radius 1 is 1.19 bits per heavy atom. The Morgan fingerprint density at radius 3 is 2.62 bits per heavy atom. The SMILES string of the molecule is COCCN(C(=O)N1CCOCC1)C(C)C1CC[C@@]2(O)C3=CC(=O)C4CC(O)CCC4(C)C3CCC12C. The summed E-state index contributed by atoms with van der Waals surface area (Å²) >= 11 is 0. The van der Waals surface area contributed by atoms with Crippen LogP contribution in [-0.2, 0) is 14.3 Å². The molecule has 0 aromatic rings. The summed E-state index contributed by atoms with van der Waals surface area (Å²) in [6, 6.07) is -0.0575. The number of aliphatic hydroxyl groups is 2. The van der Waals surface area contributed by atoms with Crippen LogP contribution in [0.25, 0.3) is 0 Å². The van der Waals surface area contributed by atoms with E-state index in [0.717, 1.165) is 37.7 Å². The zero-order valence-corrected chi connectivity index (χ0v) is 23.1. The standard InChI is InChI=1S/C29H46N2O6/c1-19(31(13-14-36-4)26(34)30-11-15-37-16-12-30)21-7-10-29(35)23-18-25(33)24-17-20(32)5-8-27(24,2)22(23)6-9-28(21,29)3/h18-22,24,32,35H,5-17H2,1-4H3/t19?,20?,21?,22?,24?,27?,28?,29-/m1/s1. The maximum atomic E-state index is 13.6. The predicted molar refractivity (Wildman–Crippen MR) is 139 cm³/mol. The first kappa shape index (κ1) is 27.1. The number of nitrogens with zero attached hydrogens (tertiary/aromatic N) is 2. The molecule has 0 aromatic carbocycles. The van der Waals surface area contributed by atoms with Crippen molar-refractivity contribution >= 4 is 11.8 Å². The van der Waals surface area contributed by atoms with E-state index in [1.54, 1.807) is 13.2 Å². The van der Waals surface area contributed by atoms with E-state index in [-0.39, 0.29) is 41.0 Å². The van der Waals surface area contributed by atoms with Crippen molar-refractivity contribution in [1.29, 1.82) is 0 Å². The van der Waals surface area contributed by atoms with Gasteiger partial charge >= 0.3 is 6.03 Å². The van der Waals surface area contributed by atoms with Crippen molar-refractivity contribution in [3.05, 3.63) is 11.6 Å². The molecule has 8 atom stereocenters. The molecule has 7 unspecified atom stereocenters. The summed E-state index contributed by atoms with van der Waals surface area (Å²) in [5.41, 5.74) is -0.760. The lowest BCUT2D eigenvalue weighted by molar-refractivity contribution is -0.141. The molecule has 2 amide bonds. The number of hydrogen-bond acceptors (Lipinski definition) is 6. The van der Waals surface area contributed by atoms with Crippen LogP contribution in [0.15, 0.2) is 11.6 Å². The summed E-state index contributed by atoms with van der Waals surface area (Å²) in [6.07, 6.45) is 6.64. The van der Waals surface area contributed by atoms with E-state index >= 15 is 0 Å². The lowest BCUT2D eigenvalue weighted by Crippen LogP contribution is -2.61. The topological polar surface area (TPSA) is 99.5 Å². The normalized spacial score (nSPS) is 42.4. The number of aliphatic hydroxyl groups excluding tert-OH is 1. The number of carbonyl (C=O) groups excluding carboxylic acids is 2. The van der Waals surface area contributed by atoms with Crippen LogP contribution >= 0.6 is 0 Å². The van der Waals surface area contributed by atoms with Gasteiger partial charge < -0.3 is 29.5 Å². The van der Waals surface area contributed by atoms with Crippen LogP contribution in [0.1, 0.15) is 65.7 Å². The molecule has 4 aliphatic carbocycles. The van der Waals surface area contributed by atoms with Gasteiger partial charge in [-0.1, -0.05) is 13.8 Å². The summed E-state index contributed by atoms with van der Waals surface area (Å²) in [7, 11) is 1.66. The highest BCUT2D eigenvalue weighted by Gasteiger charge is 2.66. The van der Waals surface area contributed by atoms with Crippen LogP contribution in [0.4, 0.5) is 4.79 Å². The fraction of sp³-hybridized carbons (Fsp3) is 0.862. The van der Waals surface area contributed by atoms with Crippen molar-refractivity contribution in [3.63, 3.8) is 0 Å². The van der Waals surface area contributed by atoms with Crippen molar-refractivity contribution in [2.45, 2.75) is 83.5 Å². The Labute approximate surface area is 221 Å². The number of morpholine rings is 1. The third-order valence-electron chi connectivity index (χ3n) is 11.3. The van der Waals surface area contributed by atoms with E-state index in [9.17, 15) is 19.8 Å². The second-order valence-corrected chi connectivity index (χ2v) is 12.8. The molecule has 2 N–H and O–H groups in total. The van der Waals surface area contributed by atoms with Gasteiger partial charge in [0.25, 0.3) is 0 Å². The summed E-state index contributed by atoms with van der Waals surface area (Å²) < 4.78 is 10.8. The van der Waals surface area contributed by atoms with Crippen molar-refractivity contribution in [3.8, 4) is 0 Å². The predicted octanol–water partition coefficient (Wildman–Crippen LogP) is 3.01. The molecule has 5 aliphatic rings. The lowest BCUT2D eigenvalue weighted by atomic mass is 9.46. The summed E-state index contributed by atoms with van der Waals surface area (Å²) in [6.45, 7) is 9.79. The van der Waals surface area contributed by atoms with Gasteiger partial charge in [0.1, 0.15) is 0 Å². The second-order valence-electron chi connectivity index (χ2n) is 12.8. The average molecular weight is 519 g/mol. The second kappa shape index (κ2) is 9.92. The highest BCUT2D eigenvalue weighted by molar-refractivity contribution is 5.95. The fourth-order valence-electron chi connectivity index (χ4n) is 8.95. The molecular weight excluding hydrogens is 472 g/mol. The third-order valence-corrected chi connectivity index (χ3v) is 11.3. The van der Waals surface area contributed by atoms with Gasteiger partial charge in [0, 0.05) is 44.1 Å². The number of carbonyl (C=O) groups is 2. The first-order valence-corrected chi connectivity index (χ1v) is 14.4. The number of ketones is 1. The Bertz CT molecular complexity index is 933. The van der Waals surface area contributed by atoms with Crippen molar-refractivity contribution in [2.75, 3.05) is 46.6 Å². The van der Waals surface area contributed by atoms with E-state index in [0.29, 0.717) is 52.3 Å². The number of rotatable bonds is 5. The van der Waals surface area contributed by atoms with Gasteiger partial charge in [-0.3, -0.25) is 4.79 Å². The fourth-order valence-corrected chi connectivity index (χ4v) is 8.95. The molecule has 8 heteroatoms. The zero-order chi connectivity index (χ0) is 26.6. The molecule has 37 heavy (non-hydrogen) atoms. The minimum Gasteiger partial charge on any atom is -0.393 e. The van der Waals surface area contributed by atoms with Crippen LogP contribution < -0.4 is 0 Å². The largest absolute Gasteiger partial charge is 0.393 e. The quantitative estimate of drug-likeness (QED) is 0.581. The Hall–Kier alpha value is -1.48. The van der Waals surface area contributed by atoms with Gasteiger partial charge in [0.2, 0.25) is 0 Å². The maximum Gasteiger partial charge on any atom is 0.320 e. The minimum atomic E-state index is -1.05. The molecule has 0 aromatic heterocycles. The molecule has 208 valence electrons. The molecule has 5 rings (SSSR count). The van der Waals surface area contributed by atoms with Gasteiger partial charge in [0.15, 0.2) is 5.78 Å². The van der Waals surface area contributed by atoms with E-state index in [2.05, 4.69) is 20.8 Å². The highest BCUT2D eigenvalue weighted by atomic mass is 16.5. The summed E-state index contributed by atoms with van der Waals surface area (Å²) in [5.74, 6) is 0.181. The van der Waals surface area contributed by atoms with Crippen LogP contribution in [0, 0.1) is 28.6 Å². The van der Waals surface area contributed by atoms with Gasteiger partial charge in [0.05, 0.1) is 31.5 Å². The van der Waals surface area contributed by atoms with Crippen molar-refractivity contribution in [1.82, 2.24) is 9.80 Å². The van der Waals surface area contributed by atoms with E-state index in [4.69, 9.17) is 9.47 Å². The number of fused-ring (bicyclic) bond motifs is 5. The monoisotopic (exact) mass is 518 g/mol. The van der Waals surface area contributed by atoms with E-state index in [1.807, 2.05) is 9.80 Å². The first-order chi connectivity index (χ1) is 17.6. The number of ether oxygens (including phenoxy) is 2. The van der Waals surface area contributed by atoms with E-state index in [1.165, 1.54) is 0 Å². The lowest BCUT2D eigenvalue weighted by Gasteiger charge is -2.60. The number of hydrogen-bond donors (Lipinski definition) is 2. The summed E-state index contributed by atoms with van der Waals surface area (Å²) in [5, 5.41) is 22.8. The molecule has 0 spiro atoms. The molecule has 8 nitrogen and oxygen atoms in total. The molecule has 3 saturated carbocycles. The van der Waals surface area contributed by atoms with Crippen LogP contribution in [0.5, 0.6) is 0 Å². The Morgan fingerprint density at radius 2 is 1.92 bits per heavy atom. The van der Waals surface area contributed by atoms with Gasteiger partial charge in [-0.2, -0.15) is 0 Å². The number of methoxy groups -OCH3 is 1. The van der Waals surface area contributed by atoms with Gasteiger partial charge in [-0.15, -0.1) is 0 Å². The number of urea groups is 1. The molecule has 1 heterocycles. The minimum absolute atomic E-state index is 0.0174. The molecule has 0 radical (unpaired) electrons. The first-order valence-electron chi connectivity index (χ1n) is 14.4. The highest BCUT2D eigenvalue weighted by Crippen LogP contribution is 2.67. The molecule has 1 saturated heterocycles. The molecule has 1 aliphatic heterocycles. The van der Waals surface area contributed by atoms with Crippen molar-refractivity contribution in [2.24, 2.45) is 28.6 Å². The van der Waals surface area contributed by atoms with Crippen molar-refractivity contribution < 1.29 is 29.3 Å². The zero-order valence-electron chi connectivity index (χ0n) is 23.1. The molecule has 4 fully saturated rings. The maximum absolute atomic E-state index is 13.6. The number of amides is 2. The smallest absolute Gasteiger partial charge is 0.320 e. The van der Waals surface area contributed by atoms with Crippen LogP contribution in [-0.4, -0.2) is 96.1 Å². The molecular formula is C29H46N2O6. The molecule has 0 bridgehead atoms. The summed E-state index contributed by atoms with van der Waals surface area (Å²) in [4.78, 5) is 30.9. The third kappa shape index (κ3) is 4.17. The van der Waals surface area contributed by atoms with Crippen LogP contribution in [0.3, 0.4) is 0 Å². The van der Waals surface area contributed by atoms with Gasteiger partial charge in [-0.05, 0) is 80.8 Å². The van der Waals surface area contributed by atoms with Gasteiger partial charge in [-0.25, -0.2) is 4.79 Å². The Kier molecular flexibility index (Phi) is 7.27. The van der Waals surface area contributed by atoms with E-state index < -0.39 is 17.1 Å². The number of allylic oxidation sites excluding steroid dienone is 1.